The molecule has 108 valence electrons. The third-order valence-electron chi connectivity index (χ3n) is 4.09. The summed E-state index contributed by atoms with van der Waals surface area (Å²) in [5.74, 6) is 0.515. The molecule has 3 rings (SSSR count). The van der Waals surface area contributed by atoms with Gasteiger partial charge in [-0.25, -0.2) is 0 Å². The molecule has 1 atom stereocenters. The lowest BCUT2D eigenvalue weighted by Gasteiger charge is -2.20. The average Bonchev–Trinajstić information content (AvgIpc) is 3.02. The van der Waals surface area contributed by atoms with Gasteiger partial charge in [0.15, 0.2) is 4.77 Å². The largest absolute Gasteiger partial charge is 0.323 e. The molecule has 6 heteroatoms. The molecule has 0 bridgehead atoms. The fourth-order valence-corrected chi connectivity index (χ4v) is 3.98. The number of aromatic amines is 1. The van der Waals surface area contributed by atoms with Crippen molar-refractivity contribution in [2.45, 2.75) is 32.9 Å². The molecule has 20 heavy (non-hydrogen) atoms. The lowest BCUT2D eigenvalue weighted by Crippen LogP contribution is -2.30. The number of aromatic nitrogens is 2. The first kappa shape index (κ1) is 14.0. The molecular formula is C14H19N3OS2. The van der Waals surface area contributed by atoms with Crippen molar-refractivity contribution >= 4 is 33.8 Å². The number of fused-ring (bicyclic) bond motifs is 1. The summed E-state index contributed by atoms with van der Waals surface area (Å²) in [6, 6.07) is 2.45. The van der Waals surface area contributed by atoms with E-state index in [2.05, 4.69) is 23.7 Å². The van der Waals surface area contributed by atoms with E-state index >= 15 is 0 Å². The van der Waals surface area contributed by atoms with Gasteiger partial charge in [0, 0.05) is 19.1 Å². The highest BCUT2D eigenvalue weighted by Gasteiger charge is 2.25. The van der Waals surface area contributed by atoms with Gasteiger partial charge in [-0.1, -0.05) is 0 Å². The van der Waals surface area contributed by atoms with Gasteiger partial charge in [0.2, 0.25) is 0 Å². The van der Waals surface area contributed by atoms with Crippen LogP contribution < -0.4 is 5.56 Å². The summed E-state index contributed by atoms with van der Waals surface area (Å²) in [4.78, 5) is 19.0. The molecular weight excluding hydrogens is 290 g/mol. The second-order valence-electron chi connectivity index (χ2n) is 5.75. The maximum absolute atomic E-state index is 12.5. The Morgan fingerprint density at radius 1 is 1.55 bits per heavy atom. The summed E-state index contributed by atoms with van der Waals surface area (Å²) in [7, 11) is 0. The molecule has 0 saturated carbocycles. The number of nitrogens with one attached hydrogen (secondary N) is 1. The Balaban J connectivity index is 1.88. The van der Waals surface area contributed by atoms with Crippen LogP contribution in [-0.4, -0.2) is 33.6 Å². The van der Waals surface area contributed by atoms with E-state index in [9.17, 15) is 4.79 Å². The Morgan fingerprint density at radius 3 is 3.05 bits per heavy atom. The zero-order chi connectivity index (χ0) is 14.3. The first-order valence-electron chi connectivity index (χ1n) is 7.00. The number of hydrogen-bond donors (Lipinski definition) is 1. The Bertz CT molecular complexity index is 728. The lowest BCUT2D eigenvalue weighted by molar-refractivity contribution is 0.260. The fraction of sp³-hybridized carbons (Fsp3) is 0.571. The lowest BCUT2D eigenvalue weighted by atomic mass is 10.1. The molecule has 1 N–H and O–H groups in total. The average molecular weight is 309 g/mol. The van der Waals surface area contributed by atoms with Crippen molar-refractivity contribution in [2.24, 2.45) is 5.92 Å². The standard InChI is InChI=1S/C14H19N3OS2/c1-9(2)16-5-3-10(7-16)8-17-13(18)11-4-6-20-12(11)15-14(17)19/h4,6,9-10H,3,5,7-8H2,1-2H3,(H,15,19). The van der Waals surface area contributed by atoms with Gasteiger partial charge in [-0.05, 0) is 56.4 Å². The van der Waals surface area contributed by atoms with Crippen LogP contribution in [0.1, 0.15) is 20.3 Å². The third-order valence-corrected chi connectivity index (χ3v) is 5.25. The van der Waals surface area contributed by atoms with Crippen LogP contribution in [0.4, 0.5) is 0 Å². The Kier molecular flexibility index (Phi) is 3.79. The van der Waals surface area contributed by atoms with E-state index in [-0.39, 0.29) is 5.56 Å². The molecule has 1 fully saturated rings. The van der Waals surface area contributed by atoms with Gasteiger partial charge in [0.25, 0.3) is 5.56 Å². The SMILES string of the molecule is CC(C)N1CCC(Cn2c(=S)[nH]c3sccc3c2=O)C1. The van der Waals surface area contributed by atoms with Gasteiger partial charge in [0.1, 0.15) is 4.83 Å². The van der Waals surface area contributed by atoms with Crippen LogP contribution in [0.3, 0.4) is 0 Å². The van der Waals surface area contributed by atoms with Crippen molar-refractivity contribution in [1.82, 2.24) is 14.5 Å². The molecule has 0 radical (unpaired) electrons. The van der Waals surface area contributed by atoms with Crippen molar-refractivity contribution < 1.29 is 0 Å². The van der Waals surface area contributed by atoms with Crippen molar-refractivity contribution in [1.29, 1.82) is 0 Å². The highest BCUT2D eigenvalue weighted by Crippen LogP contribution is 2.20. The summed E-state index contributed by atoms with van der Waals surface area (Å²) >= 11 is 6.88. The molecule has 3 heterocycles. The summed E-state index contributed by atoms with van der Waals surface area (Å²) in [6.07, 6.45) is 1.14. The molecule has 4 nitrogen and oxygen atoms in total. The summed E-state index contributed by atoms with van der Waals surface area (Å²) < 4.78 is 2.28. The van der Waals surface area contributed by atoms with Crippen molar-refractivity contribution in [3.05, 3.63) is 26.6 Å². The zero-order valence-corrected chi connectivity index (χ0v) is 13.4. The molecule has 0 amide bonds. The molecule has 2 aromatic rings. The van der Waals surface area contributed by atoms with Gasteiger partial charge in [-0.2, -0.15) is 0 Å². The molecule has 1 aliphatic rings. The Morgan fingerprint density at radius 2 is 2.35 bits per heavy atom. The van der Waals surface area contributed by atoms with E-state index in [4.69, 9.17) is 12.2 Å². The predicted molar refractivity (Wildman–Crippen MR) is 86.1 cm³/mol. The van der Waals surface area contributed by atoms with Crippen LogP contribution in [-0.2, 0) is 6.54 Å². The number of hydrogen-bond acceptors (Lipinski definition) is 4. The molecule has 0 spiro atoms. The maximum atomic E-state index is 12.5. The minimum absolute atomic E-state index is 0.0491. The van der Waals surface area contributed by atoms with E-state index in [0.717, 1.165) is 36.3 Å². The van der Waals surface area contributed by atoms with Crippen molar-refractivity contribution in [2.75, 3.05) is 13.1 Å². The van der Waals surface area contributed by atoms with Crippen LogP contribution >= 0.6 is 23.6 Å². The fourth-order valence-electron chi connectivity index (χ4n) is 2.88. The second-order valence-corrected chi connectivity index (χ2v) is 7.06. The highest BCUT2D eigenvalue weighted by atomic mass is 32.1. The number of H-pyrrole nitrogens is 1. The van der Waals surface area contributed by atoms with Gasteiger partial charge in [-0.15, -0.1) is 11.3 Å². The minimum atomic E-state index is 0.0491. The molecule has 1 saturated heterocycles. The van der Waals surface area contributed by atoms with E-state index in [1.807, 2.05) is 11.4 Å². The molecule has 1 aliphatic heterocycles. The van der Waals surface area contributed by atoms with Gasteiger partial charge in [-0.3, -0.25) is 9.36 Å². The normalized spacial score (nSPS) is 20.2. The summed E-state index contributed by atoms with van der Waals surface area (Å²) in [6.45, 7) is 7.34. The number of likely N-dealkylation sites (tertiary alicyclic amines) is 1. The quantitative estimate of drug-likeness (QED) is 0.886. The first-order valence-corrected chi connectivity index (χ1v) is 8.29. The summed E-state index contributed by atoms with van der Waals surface area (Å²) in [5, 5.41) is 2.68. The molecule has 2 aromatic heterocycles. The zero-order valence-electron chi connectivity index (χ0n) is 11.8. The predicted octanol–water partition coefficient (Wildman–Crippen LogP) is 2.85. The van der Waals surface area contributed by atoms with E-state index in [0.29, 0.717) is 16.7 Å². The van der Waals surface area contributed by atoms with Gasteiger partial charge < -0.3 is 9.88 Å². The van der Waals surface area contributed by atoms with Crippen molar-refractivity contribution in [3.8, 4) is 0 Å². The molecule has 1 unspecified atom stereocenters. The maximum Gasteiger partial charge on any atom is 0.263 e. The minimum Gasteiger partial charge on any atom is -0.323 e. The van der Waals surface area contributed by atoms with Gasteiger partial charge in [0.05, 0.1) is 5.39 Å². The summed E-state index contributed by atoms with van der Waals surface area (Å²) in [5.41, 5.74) is 0.0491. The smallest absolute Gasteiger partial charge is 0.263 e. The third kappa shape index (κ3) is 2.47. The van der Waals surface area contributed by atoms with Crippen LogP contribution in [0.15, 0.2) is 16.2 Å². The topological polar surface area (TPSA) is 41.0 Å². The van der Waals surface area contributed by atoms with Crippen LogP contribution in [0.25, 0.3) is 10.2 Å². The Labute approximate surface area is 127 Å². The number of thiophene rings is 1. The van der Waals surface area contributed by atoms with Crippen LogP contribution in [0.5, 0.6) is 0 Å². The molecule has 0 aromatic carbocycles. The van der Waals surface area contributed by atoms with E-state index in [1.165, 1.54) is 11.3 Å². The van der Waals surface area contributed by atoms with Crippen LogP contribution in [0.2, 0.25) is 0 Å². The van der Waals surface area contributed by atoms with E-state index < -0.39 is 0 Å². The highest BCUT2D eigenvalue weighted by molar-refractivity contribution is 7.71. The van der Waals surface area contributed by atoms with Crippen molar-refractivity contribution in [3.63, 3.8) is 0 Å². The van der Waals surface area contributed by atoms with E-state index in [1.54, 1.807) is 4.57 Å². The second kappa shape index (κ2) is 5.42. The van der Waals surface area contributed by atoms with Crippen LogP contribution in [0, 0.1) is 10.7 Å². The molecule has 0 aliphatic carbocycles. The number of rotatable bonds is 3. The Hall–Kier alpha value is -0.980. The monoisotopic (exact) mass is 309 g/mol. The first-order chi connectivity index (χ1) is 9.56. The van der Waals surface area contributed by atoms with Gasteiger partial charge >= 0.3 is 0 Å². The number of nitrogens with zero attached hydrogens (tertiary/aromatic N) is 2.